The molecule has 0 saturated carbocycles. The molecule has 1 aromatic rings. The van der Waals surface area contributed by atoms with E-state index in [1.54, 1.807) is 0 Å². The van der Waals surface area contributed by atoms with Gasteiger partial charge in [0.15, 0.2) is 0 Å². The number of ether oxygens (including phenoxy) is 1. The molecule has 0 atom stereocenters. The van der Waals surface area contributed by atoms with Crippen molar-refractivity contribution in [3.63, 3.8) is 0 Å². The van der Waals surface area contributed by atoms with Gasteiger partial charge in [-0.05, 0) is 17.7 Å². The Hall–Kier alpha value is -0.810. The monoisotopic (exact) mass is 269 g/mol. The highest BCUT2D eigenvalue weighted by Crippen LogP contribution is 2.33. The second-order valence-electron chi connectivity index (χ2n) is 4.51. The number of rotatable bonds is 6. The number of halogens is 1. The van der Waals surface area contributed by atoms with Gasteiger partial charge in [0.05, 0.1) is 6.61 Å². The van der Waals surface area contributed by atoms with Crippen molar-refractivity contribution < 1.29 is 4.74 Å². The number of hydrogen-bond acceptors (Lipinski definition) is 4. The van der Waals surface area contributed by atoms with Crippen LogP contribution in [0.15, 0.2) is 12.1 Å². The second-order valence-corrected chi connectivity index (χ2v) is 4.94. The summed E-state index contributed by atoms with van der Waals surface area (Å²) in [6, 6.07) is 3.97. The topological polar surface area (TPSA) is 64.5 Å². The van der Waals surface area contributed by atoms with Crippen molar-refractivity contribution in [3.05, 3.63) is 28.3 Å². The van der Waals surface area contributed by atoms with Crippen molar-refractivity contribution in [1.82, 2.24) is 4.90 Å². The van der Waals surface area contributed by atoms with E-state index in [1.165, 1.54) is 5.56 Å². The van der Waals surface area contributed by atoms with Crippen molar-refractivity contribution in [2.24, 2.45) is 11.5 Å². The van der Waals surface area contributed by atoms with Gasteiger partial charge in [0, 0.05) is 49.7 Å². The highest BCUT2D eigenvalue weighted by Gasteiger charge is 2.18. The van der Waals surface area contributed by atoms with Gasteiger partial charge in [-0.3, -0.25) is 4.90 Å². The minimum absolute atomic E-state index is 0.629. The van der Waals surface area contributed by atoms with Crippen molar-refractivity contribution >= 4 is 11.6 Å². The van der Waals surface area contributed by atoms with Gasteiger partial charge in [0.1, 0.15) is 5.75 Å². The molecule has 18 heavy (non-hydrogen) atoms. The number of benzene rings is 1. The molecule has 1 aliphatic rings. The van der Waals surface area contributed by atoms with Crippen LogP contribution in [0, 0.1) is 0 Å². The zero-order valence-electron chi connectivity index (χ0n) is 10.5. The fraction of sp³-hybridized carbons (Fsp3) is 0.538. The maximum absolute atomic E-state index is 6.14. The predicted molar refractivity (Wildman–Crippen MR) is 74.0 cm³/mol. The molecule has 1 heterocycles. The number of nitrogens with two attached hydrogens (primary N) is 2. The summed E-state index contributed by atoms with van der Waals surface area (Å²) in [5, 5.41) is 0.773. The van der Waals surface area contributed by atoms with E-state index in [4.69, 9.17) is 27.8 Å². The number of fused-ring (bicyclic) bond motifs is 1. The fourth-order valence-electron chi connectivity index (χ4n) is 2.34. The van der Waals surface area contributed by atoms with Crippen LogP contribution >= 0.6 is 11.6 Å². The average Bonchev–Trinajstić information content (AvgIpc) is 2.77. The summed E-state index contributed by atoms with van der Waals surface area (Å²) in [5.41, 5.74) is 13.6. The van der Waals surface area contributed by atoms with Gasteiger partial charge in [-0.2, -0.15) is 0 Å². The largest absolute Gasteiger partial charge is 0.493 e. The van der Waals surface area contributed by atoms with Crippen molar-refractivity contribution in [2.75, 3.05) is 32.8 Å². The lowest BCUT2D eigenvalue weighted by Gasteiger charge is -2.22. The molecule has 0 spiro atoms. The Kier molecular flexibility index (Phi) is 4.83. The van der Waals surface area contributed by atoms with Gasteiger partial charge in [0.2, 0.25) is 0 Å². The summed E-state index contributed by atoms with van der Waals surface area (Å²) in [5.74, 6) is 0.999. The Morgan fingerprint density at radius 3 is 2.61 bits per heavy atom. The van der Waals surface area contributed by atoms with Gasteiger partial charge in [-0.1, -0.05) is 11.6 Å². The molecular weight excluding hydrogens is 250 g/mol. The average molecular weight is 270 g/mol. The van der Waals surface area contributed by atoms with Gasteiger partial charge < -0.3 is 16.2 Å². The van der Waals surface area contributed by atoms with Crippen LogP contribution in [0.25, 0.3) is 0 Å². The van der Waals surface area contributed by atoms with Crippen LogP contribution in [-0.2, 0) is 13.0 Å². The number of nitrogens with zero attached hydrogens (tertiary/aromatic N) is 1. The van der Waals surface area contributed by atoms with Crippen molar-refractivity contribution in [1.29, 1.82) is 0 Å². The summed E-state index contributed by atoms with van der Waals surface area (Å²) >= 11 is 6.14. The van der Waals surface area contributed by atoms with Crippen LogP contribution in [0.3, 0.4) is 0 Å². The molecule has 1 aromatic carbocycles. The zero-order chi connectivity index (χ0) is 13.0. The van der Waals surface area contributed by atoms with Gasteiger partial charge in [0.25, 0.3) is 0 Å². The summed E-state index contributed by atoms with van der Waals surface area (Å²) < 4.78 is 5.69. The van der Waals surface area contributed by atoms with E-state index < -0.39 is 0 Å². The minimum Gasteiger partial charge on any atom is -0.493 e. The van der Waals surface area contributed by atoms with E-state index >= 15 is 0 Å². The molecule has 4 N–H and O–H groups in total. The quantitative estimate of drug-likeness (QED) is 0.809. The molecular formula is C13H20ClN3O. The first-order valence-corrected chi connectivity index (χ1v) is 6.69. The Morgan fingerprint density at radius 2 is 1.94 bits per heavy atom. The van der Waals surface area contributed by atoms with Gasteiger partial charge >= 0.3 is 0 Å². The molecule has 2 rings (SSSR count). The summed E-state index contributed by atoms with van der Waals surface area (Å²) in [7, 11) is 0. The molecule has 0 radical (unpaired) electrons. The smallest absolute Gasteiger partial charge is 0.127 e. The first kappa shape index (κ1) is 13.6. The molecule has 0 unspecified atom stereocenters. The molecule has 0 saturated heterocycles. The third-order valence-corrected chi connectivity index (χ3v) is 3.33. The molecule has 4 nitrogen and oxygen atoms in total. The molecule has 0 bridgehead atoms. The Morgan fingerprint density at radius 1 is 1.22 bits per heavy atom. The highest BCUT2D eigenvalue weighted by atomic mass is 35.5. The normalized spacial score (nSPS) is 13.8. The third kappa shape index (κ3) is 3.14. The first-order valence-electron chi connectivity index (χ1n) is 6.31. The first-order chi connectivity index (χ1) is 8.74. The third-order valence-electron chi connectivity index (χ3n) is 3.11. The van der Waals surface area contributed by atoms with Crippen LogP contribution in [0.5, 0.6) is 5.75 Å². The van der Waals surface area contributed by atoms with E-state index in [-0.39, 0.29) is 0 Å². The summed E-state index contributed by atoms with van der Waals surface area (Å²) in [6.45, 7) is 4.46. The van der Waals surface area contributed by atoms with Gasteiger partial charge in [-0.25, -0.2) is 0 Å². The number of hydrogen-bond donors (Lipinski definition) is 2. The lowest BCUT2D eigenvalue weighted by Crippen LogP contribution is -2.33. The second kappa shape index (κ2) is 6.38. The Bertz CT molecular complexity index is 405. The van der Waals surface area contributed by atoms with E-state index in [2.05, 4.69) is 4.90 Å². The van der Waals surface area contributed by atoms with E-state index in [9.17, 15) is 0 Å². The van der Waals surface area contributed by atoms with Gasteiger partial charge in [-0.15, -0.1) is 0 Å². The predicted octanol–water partition coefficient (Wildman–Crippen LogP) is 0.994. The molecule has 0 fully saturated rings. The standard InChI is InChI=1S/C13H20ClN3O/c14-12-7-10-1-6-18-13(10)11(8-12)9-17(4-2-15)5-3-16/h7-8H,1-6,9,15-16H2. The lowest BCUT2D eigenvalue weighted by molar-refractivity contribution is 0.273. The van der Waals surface area contributed by atoms with Crippen LogP contribution in [-0.4, -0.2) is 37.7 Å². The van der Waals surface area contributed by atoms with E-state index in [0.29, 0.717) is 13.1 Å². The van der Waals surface area contributed by atoms with Crippen molar-refractivity contribution in [3.8, 4) is 5.75 Å². The maximum Gasteiger partial charge on any atom is 0.127 e. The summed E-state index contributed by atoms with van der Waals surface area (Å²) in [6.07, 6.45) is 0.941. The molecule has 0 amide bonds. The van der Waals surface area contributed by atoms with E-state index in [0.717, 1.165) is 49.0 Å². The van der Waals surface area contributed by atoms with Crippen LogP contribution in [0.4, 0.5) is 0 Å². The van der Waals surface area contributed by atoms with Crippen molar-refractivity contribution in [2.45, 2.75) is 13.0 Å². The fourth-order valence-corrected chi connectivity index (χ4v) is 2.60. The minimum atomic E-state index is 0.629. The SMILES string of the molecule is NCCN(CCN)Cc1cc(Cl)cc2c1OCC2. The van der Waals surface area contributed by atoms with Crippen LogP contribution < -0.4 is 16.2 Å². The van der Waals surface area contributed by atoms with Crippen LogP contribution in [0.1, 0.15) is 11.1 Å². The molecule has 1 aliphatic heterocycles. The lowest BCUT2D eigenvalue weighted by atomic mass is 10.1. The molecule has 5 heteroatoms. The zero-order valence-corrected chi connectivity index (χ0v) is 11.2. The molecule has 100 valence electrons. The maximum atomic E-state index is 6.14. The Labute approximate surface area is 113 Å². The highest BCUT2D eigenvalue weighted by molar-refractivity contribution is 6.30. The van der Waals surface area contributed by atoms with Crippen LogP contribution in [0.2, 0.25) is 5.02 Å². The summed E-state index contributed by atoms with van der Waals surface area (Å²) in [4.78, 5) is 2.23. The van der Waals surface area contributed by atoms with E-state index in [1.807, 2.05) is 12.1 Å². The molecule has 0 aromatic heterocycles. The Balaban J connectivity index is 2.17. The molecule has 0 aliphatic carbocycles.